The van der Waals surface area contributed by atoms with Gasteiger partial charge in [0.05, 0.1) is 0 Å². The molecular weight excluding hydrogens is 270 g/mol. The number of rotatable bonds is 4. The molecule has 5 nitrogen and oxygen atoms in total. The van der Waals surface area contributed by atoms with Crippen molar-refractivity contribution in [3.63, 3.8) is 0 Å². The summed E-state index contributed by atoms with van der Waals surface area (Å²) in [5.41, 5.74) is 1.63. The largest absolute Gasteiger partial charge is 0.454 e. The molecule has 0 saturated carbocycles. The van der Waals surface area contributed by atoms with Gasteiger partial charge in [0, 0.05) is 11.8 Å². The Bertz CT molecular complexity index is 746. The summed E-state index contributed by atoms with van der Waals surface area (Å²) in [6, 6.07) is 8.36. The Morgan fingerprint density at radius 1 is 1.14 bits per heavy atom. The van der Waals surface area contributed by atoms with Crippen molar-refractivity contribution in [2.75, 3.05) is 6.61 Å². The van der Waals surface area contributed by atoms with E-state index in [1.807, 2.05) is 26.0 Å². The monoisotopic (exact) mass is 285 g/mol. The molecular formula is C16H15NO4. The minimum Gasteiger partial charge on any atom is -0.454 e. The summed E-state index contributed by atoms with van der Waals surface area (Å²) in [5, 5.41) is 0. The first kappa shape index (κ1) is 14.7. The van der Waals surface area contributed by atoms with E-state index in [0.717, 1.165) is 11.1 Å². The van der Waals surface area contributed by atoms with Gasteiger partial charge in [0.25, 0.3) is 5.56 Å². The lowest BCUT2D eigenvalue weighted by Crippen LogP contribution is -2.21. The highest BCUT2D eigenvalue weighted by Gasteiger charge is 2.15. The van der Waals surface area contributed by atoms with Crippen LogP contribution in [0.2, 0.25) is 0 Å². The highest BCUT2D eigenvalue weighted by atomic mass is 16.5. The fraction of sp³-hybridized carbons (Fsp3) is 0.188. The Morgan fingerprint density at radius 3 is 2.62 bits per heavy atom. The van der Waals surface area contributed by atoms with Crippen molar-refractivity contribution < 1.29 is 14.3 Å². The average Bonchev–Trinajstić information content (AvgIpc) is 2.47. The van der Waals surface area contributed by atoms with Crippen LogP contribution in [0.5, 0.6) is 0 Å². The lowest BCUT2D eigenvalue weighted by atomic mass is 10.0. The summed E-state index contributed by atoms with van der Waals surface area (Å²) in [6.45, 7) is 3.31. The van der Waals surface area contributed by atoms with Gasteiger partial charge in [0.1, 0.15) is 5.56 Å². The first-order valence-corrected chi connectivity index (χ1v) is 6.44. The number of ketones is 1. The van der Waals surface area contributed by atoms with Gasteiger partial charge >= 0.3 is 5.97 Å². The fourth-order valence-corrected chi connectivity index (χ4v) is 1.91. The molecule has 0 bridgehead atoms. The first-order valence-electron chi connectivity index (χ1n) is 6.44. The van der Waals surface area contributed by atoms with Crippen LogP contribution in [0.15, 0.2) is 41.3 Å². The third-order valence-corrected chi connectivity index (χ3v) is 3.07. The lowest BCUT2D eigenvalue weighted by molar-refractivity contribution is 0.0472. The Hall–Kier alpha value is -2.69. The number of aryl methyl sites for hydroxylation is 2. The number of carbonyl (C=O) groups excluding carboxylic acids is 2. The number of esters is 1. The van der Waals surface area contributed by atoms with Gasteiger partial charge in [-0.3, -0.25) is 9.59 Å². The van der Waals surface area contributed by atoms with Crippen LogP contribution in [-0.4, -0.2) is 23.3 Å². The quantitative estimate of drug-likeness (QED) is 0.689. The molecule has 0 aliphatic rings. The van der Waals surface area contributed by atoms with Crippen LogP contribution >= 0.6 is 0 Å². The van der Waals surface area contributed by atoms with Gasteiger partial charge in [-0.15, -0.1) is 0 Å². The molecule has 1 N–H and O–H groups in total. The molecule has 0 amide bonds. The zero-order valence-corrected chi connectivity index (χ0v) is 11.8. The predicted molar refractivity (Wildman–Crippen MR) is 77.6 cm³/mol. The number of hydrogen-bond donors (Lipinski definition) is 1. The third-order valence-electron chi connectivity index (χ3n) is 3.07. The number of aromatic amines is 1. The molecule has 0 saturated heterocycles. The maximum atomic E-state index is 12.1. The number of pyridine rings is 1. The van der Waals surface area contributed by atoms with E-state index in [1.165, 1.54) is 18.3 Å². The summed E-state index contributed by atoms with van der Waals surface area (Å²) in [4.78, 5) is 37.6. The maximum Gasteiger partial charge on any atom is 0.344 e. The van der Waals surface area contributed by atoms with Gasteiger partial charge in [-0.05, 0) is 37.6 Å². The summed E-state index contributed by atoms with van der Waals surface area (Å²) in [7, 11) is 0. The predicted octanol–water partition coefficient (Wildman–Crippen LogP) is 2.03. The molecule has 0 fully saturated rings. The number of benzene rings is 1. The van der Waals surface area contributed by atoms with Crippen molar-refractivity contribution in [1.82, 2.24) is 4.98 Å². The molecule has 1 heterocycles. The summed E-state index contributed by atoms with van der Waals surface area (Å²) in [6.07, 6.45) is 1.42. The van der Waals surface area contributed by atoms with Crippen LogP contribution < -0.4 is 5.56 Å². The van der Waals surface area contributed by atoms with Crippen LogP contribution in [0.1, 0.15) is 31.8 Å². The standard InChI is InChI=1S/C16H15NO4/c1-10-5-6-11(2)13(8-10)14(18)9-21-16(20)12-4-3-7-17-15(12)19/h3-8H,9H2,1-2H3,(H,17,19). The topological polar surface area (TPSA) is 76.2 Å². The van der Waals surface area contributed by atoms with Gasteiger partial charge in [-0.25, -0.2) is 4.79 Å². The van der Waals surface area contributed by atoms with E-state index in [1.54, 1.807) is 6.07 Å². The van der Waals surface area contributed by atoms with E-state index >= 15 is 0 Å². The average molecular weight is 285 g/mol. The molecule has 1 aromatic heterocycles. The van der Waals surface area contributed by atoms with E-state index in [4.69, 9.17) is 4.74 Å². The van der Waals surface area contributed by atoms with Crippen molar-refractivity contribution in [3.8, 4) is 0 Å². The summed E-state index contributed by atoms with van der Waals surface area (Å²) < 4.78 is 4.91. The third kappa shape index (κ3) is 3.45. The second-order valence-corrected chi connectivity index (χ2v) is 4.73. The zero-order valence-electron chi connectivity index (χ0n) is 11.8. The van der Waals surface area contributed by atoms with Gasteiger partial charge < -0.3 is 9.72 Å². The van der Waals surface area contributed by atoms with Gasteiger partial charge in [-0.2, -0.15) is 0 Å². The number of Topliss-reactive ketones (excluding diaryl/α,β-unsaturated/α-hetero) is 1. The molecule has 1 aromatic carbocycles. The Kier molecular flexibility index (Phi) is 4.33. The van der Waals surface area contributed by atoms with Gasteiger partial charge in [0.2, 0.25) is 5.78 Å². The van der Waals surface area contributed by atoms with Crippen LogP contribution in [0.25, 0.3) is 0 Å². The highest BCUT2D eigenvalue weighted by Crippen LogP contribution is 2.11. The van der Waals surface area contributed by atoms with Crippen molar-refractivity contribution in [2.24, 2.45) is 0 Å². The van der Waals surface area contributed by atoms with Gasteiger partial charge in [0.15, 0.2) is 6.61 Å². The molecule has 0 aliphatic heterocycles. The van der Waals surface area contributed by atoms with Crippen molar-refractivity contribution in [2.45, 2.75) is 13.8 Å². The minimum atomic E-state index is -0.810. The minimum absolute atomic E-state index is 0.119. The van der Waals surface area contributed by atoms with Crippen LogP contribution in [-0.2, 0) is 4.74 Å². The molecule has 5 heteroatoms. The second kappa shape index (κ2) is 6.17. The van der Waals surface area contributed by atoms with Crippen molar-refractivity contribution >= 4 is 11.8 Å². The molecule has 0 atom stereocenters. The zero-order chi connectivity index (χ0) is 15.4. The van der Waals surface area contributed by atoms with E-state index < -0.39 is 18.1 Å². The number of nitrogens with one attached hydrogen (secondary N) is 1. The molecule has 0 aliphatic carbocycles. The van der Waals surface area contributed by atoms with Crippen LogP contribution in [0, 0.1) is 13.8 Å². The number of carbonyl (C=O) groups is 2. The van der Waals surface area contributed by atoms with E-state index in [0.29, 0.717) is 5.56 Å². The van der Waals surface area contributed by atoms with Crippen molar-refractivity contribution in [1.29, 1.82) is 0 Å². The molecule has 0 spiro atoms. The first-order chi connectivity index (χ1) is 9.99. The summed E-state index contributed by atoms with van der Waals surface area (Å²) >= 11 is 0. The Balaban J connectivity index is 2.08. The maximum absolute atomic E-state index is 12.1. The molecule has 108 valence electrons. The summed E-state index contributed by atoms with van der Waals surface area (Å²) in [5.74, 6) is -1.10. The molecule has 21 heavy (non-hydrogen) atoms. The molecule has 2 aromatic rings. The van der Waals surface area contributed by atoms with E-state index in [9.17, 15) is 14.4 Å². The van der Waals surface area contributed by atoms with Crippen LogP contribution in [0.4, 0.5) is 0 Å². The number of ether oxygens (including phenoxy) is 1. The second-order valence-electron chi connectivity index (χ2n) is 4.73. The Labute approximate surface area is 121 Å². The van der Waals surface area contributed by atoms with Crippen molar-refractivity contribution in [3.05, 3.63) is 69.1 Å². The van der Waals surface area contributed by atoms with E-state index in [-0.39, 0.29) is 11.3 Å². The lowest BCUT2D eigenvalue weighted by Gasteiger charge is -2.07. The normalized spacial score (nSPS) is 10.2. The SMILES string of the molecule is Cc1ccc(C)c(C(=O)COC(=O)c2ccc[nH]c2=O)c1. The van der Waals surface area contributed by atoms with Gasteiger partial charge in [-0.1, -0.05) is 17.7 Å². The molecule has 2 rings (SSSR count). The number of H-pyrrole nitrogens is 1. The Morgan fingerprint density at radius 2 is 1.90 bits per heavy atom. The van der Waals surface area contributed by atoms with E-state index in [2.05, 4.69) is 4.98 Å². The number of hydrogen-bond acceptors (Lipinski definition) is 4. The van der Waals surface area contributed by atoms with Crippen LogP contribution in [0.3, 0.4) is 0 Å². The number of aromatic nitrogens is 1. The molecule has 0 radical (unpaired) electrons. The fourth-order valence-electron chi connectivity index (χ4n) is 1.91. The smallest absolute Gasteiger partial charge is 0.344 e. The highest BCUT2D eigenvalue weighted by molar-refractivity contribution is 6.00. The molecule has 0 unspecified atom stereocenters.